The first-order chi connectivity index (χ1) is 15.0. The van der Waals surface area contributed by atoms with Crippen LogP contribution < -0.4 is 11.1 Å². The summed E-state index contributed by atoms with van der Waals surface area (Å²) >= 11 is 0. The van der Waals surface area contributed by atoms with E-state index in [2.05, 4.69) is 23.7 Å². The van der Waals surface area contributed by atoms with Gasteiger partial charge >= 0.3 is 0 Å². The number of rotatable bonds is 4. The van der Waals surface area contributed by atoms with Gasteiger partial charge in [0.25, 0.3) is 0 Å². The number of carbonyl (C=O) groups is 1. The van der Waals surface area contributed by atoms with Crippen molar-refractivity contribution in [3.05, 3.63) is 65.7 Å². The van der Waals surface area contributed by atoms with Gasteiger partial charge in [-0.05, 0) is 58.9 Å². The number of benzene rings is 2. The van der Waals surface area contributed by atoms with E-state index in [9.17, 15) is 9.18 Å². The average molecular weight is 436 g/mol. The molecule has 2 aromatic carbocycles. The molecule has 6 nitrogen and oxygen atoms in total. The van der Waals surface area contributed by atoms with Gasteiger partial charge in [0.05, 0.1) is 17.6 Å². The molecule has 0 radical (unpaired) electrons. The number of carbonyl (C=O) groups excluding carboxylic acids is 1. The lowest BCUT2D eigenvalue weighted by Gasteiger charge is -2.42. The van der Waals surface area contributed by atoms with Crippen LogP contribution in [-0.4, -0.2) is 32.4 Å². The molecule has 7 heteroatoms. The number of nitrogens with zero attached hydrogens (tertiary/aromatic N) is 3. The second-order valence-electron chi connectivity index (χ2n) is 9.76. The Labute approximate surface area is 188 Å². The van der Waals surface area contributed by atoms with Crippen LogP contribution in [0.3, 0.4) is 0 Å². The van der Waals surface area contributed by atoms with Gasteiger partial charge in [-0.3, -0.25) is 4.79 Å². The van der Waals surface area contributed by atoms with Crippen molar-refractivity contribution < 1.29 is 9.18 Å². The lowest BCUT2D eigenvalue weighted by molar-refractivity contribution is -0.139. The van der Waals surface area contributed by atoms with E-state index >= 15 is 0 Å². The Morgan fingerprint density at radius 1 is 1.19 bits per heavy atom. The van der Waals surface area contributed by atoms with Crippen molar-refractivity contribution in [2.24, 2.45) is 5.73 Å². The smallest absolute Gasteiger partial charge is 0.242 e. The minimum absolute atomic E-state index is 0.125. The predicted octanol–water partition coefficient (Wildman–Crippen LogP) is 4.56. The lowest BCUT2D eigenvalue weighted by atomic mass is 9.98. The molecule has 4 rings (SSSR count). The second-order valence-corrected chi connectivity index (χ2v) is 9.76. The van der Waals surface area contributed by atoms with Gasteiger partial charge in [-0.1, -0.05) is 29.8 Å². The number of nitrogens with one attached hydrogen (secondary N) is 1. The second kappa shape index (κ2) is 7.74. The third-order valence-corrected chi connectivity index (χ3v) is 5.71. The number of anilines is 2. The van der Waals surface area contributed by atoms with Crippen LogP contribution in [0.2, 0.25) is 0 Å². The van der Waals surface area contributed by atoms with Crippen LogP contribution in [0.1, 0.15) is 39.1 Å². The molecule has 0 saturated heterocycles. The third-order valence-electron chi connectivity index (χ3n) is 5.71. The van der Waals surface area contributed by atoms with Crippen molar-refractivity contribution in [3.8, 4) is 11.3 Å². The van der Waals surface area contributed by atoms with Crippen molar-refractivity contribution in [2.45, 2.75) is 52.2 Å². The maximum absolute atomic E-state index is 14.1. The highest BCUT2D eigenvalue weighted by Crippen LogP contribution is 2.39. The molecule has 1 aliphatic rings. The summed E-state index contributed by atoms with van der Waals surface area (Å²) < 4.78 is 16.2. The molecule has 0 spiro atoms. The fourth-order valence-corrected chi connectivity index (χ4v) is 4.27. The van der Waals surface area contributed by atoms with E-state index in [1.807, 2.05) is 37.3 Å². The molecule has 0 bridgehead atoms. The van der Waals surface area contributed by atoms with Crippen molar-refractivity contribution in [3.63, 3.8) is 0 Å². The Balaban J connectivity index is 1.86. The number of fused-ring (bicyclic) bond motifs is 1. The van der Waals surface area contributed by atoms with Crippen molar-refractivity contribution in [1.29, 1.82) is 0 Å². The lowest BCUT2D eigenvalue weighted by Crippen LogP contribution is -2.57. The van der Waals surface area contributed by atoms with Gasteiger partial charge in [-0.25, -0.2) is 9.37 Å². The molecule has 1 amide bonds. The number of amides is 1. The highest BCUT2D eigenvalue weighted by molar-refractivity contribution is 5.85. The highest BCUT2D eigenvalue weighted by atomic mass is 19.1. The minimum Gasteiger partial charge on any atom is -0.340 e. The summed E-state index contributed by atoms with van der Waals surface area (Å²) in [5.41, 5.74) is 8.07. The molecular weight excluding hydrogens is 405 g/mol. The van der Waals surface area contributed by atoms with E-state index in [1.54, 1.807) is 24.8 Å². The van der Waals surface area contributed by atoms with Gasteiger partial charge in [-0.15, -0.1) is 0 Å². The summed E-state index contributed by atoms with van der Waals surface area (Å²) in [6, 6.07) is 14.5. The Kier molecular flexibility index (Phi) is 5.33. The number of hydrogen-bond donors (Lipinski definition) is 2. The zero-order valence-electron chi connectivity index (χ0n) is 19.2. The fraction of sp³-hybridized carbons (Fsp3) is 0.360. The molecule has 0 fully saturated rings. The van der Waals surface area contributed by atoms with Gasteiger partial charge in [0.15, 0.2) is 0 Å². The standard InChI is InChI=1S/C25H30FN5O/c1-16-9-11-19(12-10-16)28-22-21(17-7-6-8-18(26)13-17)29-20-14-30(23(32)25(4,5)27)15-24(2,3)31(20)22/h6-13,28H,14-15,27H2,1-5H3. The number of imidazole rings is 1. The molecule has 1 aliphatic heterocycles. The molecule has 0 atom stereocenters. The Morgan fingerprint density at radius 3 is 2.50 bits per heavy atom. The molecule has 3 aromatic rings. The first kappa shape index (κ1) is 22.0. The van der Waals surface area contributed by atoms with Crippen LogP contribution in [0.25, 0.3) is 11.3 Å². The highest BCUT2D eigenvalue weighted by Gasteiger charge is 2.40. The topological polar surface area (TPSA) is 76.2 Å². The molecule has 2 heterocycles. The monoisotopic (exact) mass is 435 g/mol. The van der Waals surface area contributed by atoms with Crippen LogP contribution in [0.4, 0.5) is 15.9 Å². The fourth-order valence-electron chi connectivity index (χ4n) is 4.27. The van der Waals surface area contributed by atoms with E-state index in [-0.39, 0.29) is 11.7 Å². The van der Waals surface area contributed by atoms with Gasteiger partial charge in [0.2, 0.25) is 5.91 Å². The Morgan fingerprint density at radius 2 is 1.88 bits per heavy atom. The SMILES string of the molecule is Cc1ccc(Nc2c(-c3cccc(F)c3)nc3n2C(C)(C)CN(C(=O)C(C)(C)N)C3)cc1. The van der Waals surface area contributed by atoms with E-state index in [0.29, 0.717) is 24.3 Å². The summed E-state index contributed by atoms with van der Waals surface area (Å²) in [5, 5.41) is 3.51. The van der Waals surface area contributed by atoms with Crippen molar-refractivity contribution in [1.82, 2.24) is 14.5 Å². The zero-order valence-corrected chi connectivity index (χ0v) is 19.2. The number of aryl methyl sites for hydroxylation is 1. The van der Waals surface area contributed by atoms with Gasteiger partial charge in [-0.2, -0.15) is 0 Å². The molecule has 168 valence electrons. The van der Waals surface area contributed by atoms with Crippen LogP contribution in [-0.2, 0) is 16.9 Å². The van der Waals surface area contributed by atoms with Gasteiger partial charge < -0.3 is 20.5 Å². The summed E-state index contributed by atoms with van der Waals surface area (Å²) in [5.74, 6) is 1.06. The average Bonchev–Trinajstić information content (AvgIpc) is 3.07. The maximum Gasteiger partial charge on any atom is 0.242 e. The van der Waals surface area contributed by atoms with Crippen LogP contribution in [0, 0.1) is 12.7 Å². The number of hydrogen-bond acceptors (Lipinski definition) is 4. The quantitative estimate of drug-likeness (QED) is 0.630. The van der Waals surface area contributed by atoms with Crippen LogP contribution in [0.15, 0.2) is 48.5 Å². The van der Waals surface area contributed by atoms with Crippen molar-refractivity contribution >= 4 is 17.4 Å². The largest absolute Gasteiger partial charge is 0.340 e. The summed E-state index contributed by atoms with van der Waals surface area (Å²) in [6.45, 7) is 10.4. The summed E-state index contributed by atoms with van der Waals surface area (Å²) in [7, 11) is 0. The molecule has 32 heavy (non-hydrogen) atoms. The number of aromatic nitrogens is 2. The molecule has 0 unspecified atom stereocenters. The molecule has 0 saturated carbocycles. The molecular formula is C25H30FN5O. The minimum atomic E-state index is -0.973. The normalized spacial score (nSPS) is 15.4. The molecule has 1 aromatic heterocycles. The van der Waals surface area contributed by atoms with E-state index < -0.39 is 11.1 Å². The first-order valence-corrected chi connectivity index (χ1v) is 10.8. The van der Waals surface area contributed by atoms with Crippen LogP contribution >= 0.6 is 0 Å². The molecule has 3 N–H and O–H groups in total. The van der Waals surface area contributed by atoms with Gasteiger partial charge in [0.1, 0.15) is 23.2 Å². The zero-order chi connectivity index (χ0) is 23.3. The van der Waals surface area contributed by atoms with E-state index in [4.69, 9.17) is 10.7 Å². The van der Waals surface area contributed by atoms with E-state index in [1.165, 1.54) is 12.1 Å². The van der Waals surface area contributed by atoms with Gasteiger partial charge in [0, 0.05) is 17.8 Å². The Bertz CT molecular complexity index is 1160. The first-order valence-electron chi connectivity index (χ1n) is 10.8. The summed E-state index contributed by atoms with van der Waals surface area (Å²) in [6.07, 6.45) is 0. The predicted molar refractivity (Wildman–Crippen MR) is 125 cm³/mol. The van der Waals surface area contributed by atoms with Crippen LogP contribution in [0.5, 0.6) is 0 Å². The molecule has 0 aliphatic carbocycles. The third kappa shape index (κ3) is 4.12. The van der Waals surface area contributed by atoms with Crippen molar-refractivity contribution in [2.75, 3.05) is 11.9 Å². The number of halogens is 1. The van der Waals surface area contributed by atoms with E-state index in [0.717, 1.165) is 22.9 Å². The number of nitrogens with two attached hydrogens (primary N) is 1. The maximum atomic E-state index is 14.1. The summed E-state index contributed by atoms with van der Waals surface area (Å²) in [4.78, 5) is 19.6. The Hall–Kier alpha value is -3.19.